The second kappa shape index (κ2) is 9.43. The number of nitro benzene ring substituents is 1. The molecule has 0 unspecified atom stereocenters. The summed E-state index contributed by atoms with van der Waals surface area (Å²) in [5, 5.41) is 13.1. The summed E-state index contributed by atoms with van der Waals surface area (Å²) >= 11 is 6.64. The lowest BCUT2D eigenvalue weighted by Crippen LogP contribution is -2.31. The number of thioether (sulfide) groups is 1. The Balaban J connectivity index is 2.80. The number of rotatable bonds is 7. The normalized spacial score (nSPS) is 11.5. The van der Waals surface area contributed by atoms with Gasteiger partial charge in [-0.15, -0.1) is 0 Å². The predicted octanol–water partition coefficient (Wildman–Crippen LogP) is 3.29. The van der Waals surface area contributed by atoms with Crippen LogP contribution in [0.3, 0.4) is 0 Å². The van der Waals surface area contributed by atoms with Crippen molar-refractivity contribution < 1.29 is 14.5 Å². The van der Waals surface area contributed by atoms with Gasteiger partial charge < -0.3 is 15.0 Å². The number of methoxy groups -OCH3 is 1. The smallest absolute Gasteiger partial charge is 0.273 e. The van der Waals surface area contributed by atoms with E-state index in [0.717, 1.165) is 13.1 Å². The Kier molecular flexibility index (Phi) is 7.93. The minimum atomic E-state index is -0.519. The summed E-state index contributed by atoms with van der Waals surface area (Å²) in [5.41, 5.74) is 0.282. The standard InChI is InChI=1S/C15H21N3O4S2/c1-5-17(6-2)15(23)24-10(3)14(19)16-12-8-7-11(18(20)21)9-13(12)22-4/h7-10H,5-6H2,1-4H3,(H,16,19)/t10-/m1/s1. The third-order valence-corrected chi connectivity index (χ3v) is 4.90. The lowest BCUT2D eigenvalue weighted by Gasteiger charge is -2.23. The molecule has 0 aliphatic heterocycles. The largest absolute Gasteiger partial charge is 0.494 e. The molecule has 1 aromatic rings. The molecule has 0 aliphatic carbocycles. The molecule has 0 spiro atoms. The molecule has 7 nitrogen and oxygen atoms in total. The Morgan fingerprint density at radius 3 is 2.58 bits per heavy atom. The average molecular weight is 371 g/mol. The number of nitrogens with one attached hydrogen (secondary N) is 1. The number of amides is 1. The molecule has 24 heavy (non-hydrogen) atoms. The third-order valence-electron chi connectivity index (χ3n) is 3.32. The molecule has 1 aromatic carbocycles. The van der Waals surface area contributed by atoms with E-state index < -0.39 is 10.2 Å². The van der Waals surface area contributed by atoms with E-state index in [4.69, 9.17) is 17.0 Å². The van der Waals surface area contributed by atoms with Gasteiger partial charge in [0.1, 0.15) is 10.1 Å². The van der Waals surface area contributed by atoms with E-state index in [1.54, 1.807) is 6.92 Å². The van der Waals surface area contributed by atoms with Gasteiger partial charge in [0, 0.05) is 19.2 Å². The van der Waals surface area contributed by atoms with E-state index in [1.165, 1.54) is 37.1 Å². The number of carbonyl (C=O) groups excluding carboxylic acids is 1. The maximum absolute atomic E-state index is 12.3. The average Bonchev–Trinajstić information content (AvgIpc) is 2.55. The molecule has 0 aliphatic rings. The van der Waals surface area contributed by atoms with Crippen LogP contribution in [0, 0.1) is 10.1 Å². The van der Waals surface area contributed by atoms with E-state index in [-0.39, 0.29) is 17.3 Å². The fourth-order valence-corrected chi connectivity index (χ4v) is 3.46. The van der Waals surface area contributed by atoms with Gasteiger partial charge in [0.15, 0.2) is 0 Å². The second-order valence-electron chi connectivity index (χ2n) is 4.83. The highest BCUT2D eigenvalue weighted by Gasteiger charge is 2.20. The van der Waals surface area contributed by atoms with Crippen LogP contribution in [0.1, 0.15) is 20.8 Å². The summed E-state index contributed by atoms with van der Waals surface area (Å²) in [6, 6.07) is 4.04. The maximum Gasteiger partial charge on any atom is 0.273 e. The van der Waals surface area contributed by atoms with Gasteiger partial charge in [-0.3, -0.25) is 14.9 Å². The van der Waals surface area contributed by atoms with E-state index >= 15 is 0 Å². The van der Waals surface area contributed by atoms with Crippen LogP contribution in [0.15, 0.2) is 18.2 Å². The summed E-state index contributed by atoms with van der Waals surface area (Å²) in [6.45, 7) is 7.33. The fraction of sp³-hybridized carbons (Fsp3) is 0.467. The molecule has 132 valence electrons. The molecule has 1 amide bonds. The van der Waals surface area contributed by atoms with Crippen molar-refractivity contribution in [1.29, 1.82) is 0 Å². The number of thiocarbonyl (C=S) groups is 1. The highest BCUT2D eigenvalue weighted by atomic mass is 32.2. The molecule has 0 radical (unpaired) electrons. The predicted molar refractivity (Wildman–Crippen MR) is 101 cm³/mol. The zero-order chi connectivity index (χ0) is 18.3. The zero-order valence-corrected chi connectivity index (χ0v) is 15.7. The van der Waals surface area contributed by atoms with E-state index in [2.05, 4.69) is 5.32 Å². The van der Waals surface area contributed by atoms with Gasteiger partial charge in [-0.25, -0.2) is 0 Å². The Morgan fingerprint density at radius 2 is 2.08 bits per heavy atom. The lowest BCUT2D eigenvalue weighted by atomic mass is 10.2. The number of hydrogen-bond donors (Lipinski definition) is 1. The van der Waals surface area contributed by atoms with Crippen molar-refractivity contribution in [2.45, 2.75) is 26.0 Å². The maximum atomic E-state index is 12.3. The number of nitrogens with zero attached hydrogens (tertiary/aromatic N) is 2. The van der Waals surface area contributed by atoms with Crippen molar-refractivity contribution >= 4 is 45.6 Å². The molecule has 1 rings (SSSR count). The molecule has 0 aromatic heterocycles. The van der Waals surface area contributed by atoms with Gasteiger partial charge in [0.25, 0.3) is 5.69 Å². The lowest BCUT2D eigenvalue weighted by molar-refractivity contribution is -0.384. The number of benzene rings is 1. The summed E-state index contributed by atoms with van der Waals surface area (Å²) in [5.74, 6) is -0.0114. The highest BCUT2D eigenvalue weighted by molar-refractivity contribution is 8.23. The van der Waals surface area contributed by atoms with Crippen LogP contribution in [-0.2, 0) is 4.79 Å². The van der Waals surface area contributed by atoms with Gasteiger partial charge in [0.05, 0.1) is 29.0 Å². The monoisotopic (exact) mass is 371 g/mol. The minimum Gasteiger partial charge on any atom is -0.494 e. The number of nitro groups is 1. The SMILES string of the molecule is CCN(CC)C(=S)S[C@H](C)C(=O)Nc1ccc([N+](=O)[O-])cc1OC. The first kappa shape index (κ1) is 20.2. The fourth-order valence-electron chi connectivity index (χ4n) is 1.89. The molecule has 9 heteroatoms. The van der Waals surface area contributed by atoms with Crippen LogP contribution in [0.5, 0.6) is 5.75 Å². The van der Waals surface area contributed by atoms with Crippen molar-refractivity contribution in [2.24, 2.45) is 0 Å². The van der Waals surface area contributed by atoms with E-state index in [9.17, 15) is 14.9 Å². The number of carbonyl (C=O) groups is 1. The van der Waals surface area contributed by atoms with Gasteiger partial charge in [-0.1, -0.05) is 24.0 Å². The highest BCUT2D eigenvalue weighted by Crippen LogP contribution is 2.29. The summed E-state index contributed by atoms with van der Waals surface area (Å²) < 4.78 is 5.78. The molecule has 0 saturated heterocycles. The molecule has 0 fully saturated rings. The zero-order valence-electron chi connectivity index (χ0n) is 14.1. The first-order valence-electron chi connectivity index (χ1n) is 7.42. The van der Waals surface area contributed by atoms with Gasteiger partial charge in [-0.05, 0) is 26.8 Å². The van der Waals surface area contributed by atoms with Crippen LogP contribution >= 0.6 is 24.0 Å². The molecule has 1 N–H and O–H groups in total. The van der Waals surface area contributed by atoms with Crippen LogP contribution in [-0.4, -0.2) is 45.5 Å². The molecular weight excluding hydrogens is 350 g/mol. The number of anilines is 1. The van der Waals surface area contributed by atoms with Gasteiger partial charge >= 0.3 is 0 Å². The first-order chi connectivity index (χ1) is 11.3. The van der Waals surface area contributed by atoms with Crippen molar-refractivity contribution in [3.63, 3.8) is 0 Å². The molecular formula is C15H21N3O4S2. The van der Waals surface area contributed by atoms with Crippen molar-refractivity contribution in [3.8, 4) is 5.75 Å². The number of hydrogen-bond acceptors (Lipinski definition) is 6. The van der Waals surface area contributed by atoms with Crippen LogP contribution in [0.4, 0.5) is 11.4 Å². The number of non-ortho nitro benzene ring substituents is 1. The summed E-state index contributed by atoms with van der Waals surface area (Å²) in [6.07, 6.45) is 0. The van der Waals surface area contributed by atoms with Crippen molar-refractivity contribution in [2.75, 3.05) is 25.5 Å². The van der Waals surface area contributed by atoms with Crippen LogP contribution in [0.25, 0.3) is 0 Å². The van der Waals surface area contributed by atoms with E-state index in [0.29, 0.717) is 10.0 Å². The minimum absolute atomic E-state index is 0.102. The topological polar surface area (TPSA) is 84.7 Å². The van der Waals surface area contributed by atoms with Crippen molar-refractivity contribution in [1.82, 2.24) is 4.90 Å². The van der Waals surface area contributed by atoms with Crippen LogP contribution < -0.4 is 10.1 Å². The van der Waals surface area contributed by atoms with E-state index in [1.807, 2.05) is 18.7 Å². The number of ether oxygens (including phenoxy) is 1. The molecule has 0 heterocycles. The van der Waals surface area contributed by atoms with Crippen LogP contribution in [0.2, 0.25) is 0 Å². The Bertz CT molecular complexity index is 621. The Labute approximate surface area is 150 Å². The molecule has 0 bridgehead atoms. The summed E-state index contributed by atoms with van der Waals surface area (Å²) in [4.78, 5) is 24.6. The quantitative estimate of drug-likeness (QED) is 0.447. The van der Waals surface area contributed by atoms with Crippen molar-refractivity contribution in [3.05, 3.63) is 28.3 Å². The Hall–Kier alpha value is -1.87. The third kappa shape index (κ3) is 5.34. The molecule has 0 saturated carbocycles. The second-order valence-corrected chi connectivity index (χ2v) is 6.80. The first-order valence-corrected chi connectivity index (χ1v) is 8.71. The van der Waals surface area contributed by atoms with Gasteiger partial charge in [0.2, 0.25) is 5.91 Å². The Morgan fingerprint density at radius 1 is 1.46 bits per heavy atom. The van der Waals surface area contributed by atoms with Gasteiger partial charge in [-0.2, -0.15) is 0 Å². The summed E-state index contributed by atoms with van der Waals surface area (Å²) in [7, 11) is 1.39. The molecule has 1 atom stereocenters.